The molecule has 142 valence electrons. The fourth-order valence-corrected chi connectivity index (χ4v) is 2.67. The third-order valence-electron chi connectivity index (χ3n) is 4.18. The second-order valence-corrected chi connectivity index (χ2v) is 6.05. The Morgan fingerprint density at radius 1 is 1.19 bits per heavy atom. The lowest BCUT2D eigenvalue weighted by Gasteiger charge is -2.23. The average molecular weight is 363 g/mol. The van der Waals surface area contributed by atoms with Gasteiger partial charge in [-0.25, -0.2) is 9.59 Å². The molecule has 8 heteroatoms. The summed E-state index contributed by atoms with van der Waals surface area (Å²) >= 11 is 0. The molecule has 8 nitrogen and oxygen atoms in total. The van der Waals surface area contributed by atoms with Crippen LogP contribution in [-0.4, -0.2) is 50.8 Å². The number of nitrogens with one attached hydrogen (secondary N) is 3. The molecule has 1 aliphatic heterocycles. The van der Waals surface area contributed by atoms with E-state index in [4.69, 9.17) is 4.74 Å². The average Bonchev–Trinajstić information content (AvgIpc) is 2.70. The number of carbonyl (C=O) groups excluding carboxylic acids is 3. The maximum atomic E-state index is 12.2. The molecule has 0 spiro atoms. The monoisotopic (exact) mass is 363 g/mol. The number of rotatable bonds is 7. The molecule has 0 bridgehead atoms. The summed E-state index contributed by atoms with van der Waals surface area (Å²) in [6.45, 7) is 1.63. The summed E-state index contributed by atoms with van der Waals surface area (Å²) in [5.41, 5.74) is 0.830. The van der Waals surface area contributed by atoms with E-state index in [1.165, 1.54) is 7.11 Å². The van der Waals surface area contributed by atoms with Gasteiger partial charge in [0.15, 0.2) is 0 Å². The van der Waals surface area contributed by atoms with Crippen LogP contribution in [0.25, 0.3) is 0 Å². The van der Waals surface area contributed by atoms with Gasteiger partial charge in [0.05, 0.1) is 7.11 Å². The lowest BCUT2D eigenvalue weighted by atomic mass is 9.97. The van der Waals surface area contributed by atoms with Crippen molar-refractivity contribution in [1.29, 1.82) is 0 Å². The van der Waals surface area contributed by atoms with Gasteiger partial charge in [0.2, 0.25) is 5.91 Å². The van der Waals surface area contributed by atoms with Crippen molar-refractivity contribution < 1.29 is 23.9 Å². The van der Waals surface area contributed by atoms with Crippen molar-refractivity contribution >= 4 is 18.0 Å². The third kappa shape index (κ3) is 6.36. The molecular weight excluding hydrogens is 338 g/mol. The Morgan fingerprint density at radius 2 is 1.88 bits per heavy atom. The number of esters is 1. The van der Waals surface area contributed by atoms with E-state index < -0.39 is 18.1 Å². The number of hydrogen-bond donors (Lipinski definition) is 3. The molecule has 0 aromatic heterocycles. The molecule has 0 unspecified atom stereocenters. The highest BCUT2D eigenvalue weighted by molar-refractivity contribution is 5.83. The molecule has 0 saturated carbocycles. The van der Waals surface area contributed by atoms with Gasteiger partial charge in [0, 0.05) is 12.5 Å². The Kier molecular flexibility index (Phi) is 7.88. The Bertz CT molecular complexity index is 602. The fraction of sp³-hybridized carbons (Fsp3) is 0.500. The van der Waals surface area contributed by atoms with Crippen LogP contribution in [-0.2, 0) is 25.7 Å². The molecule has 1 atom stereocenters. The van der Waals surface area contributed by atoms with Crippen LogP contribution in [0.2, 0.25) is 0 Å². The minimum atomic E-state index is -1.01. The number of ether oxygens (including phenoxy) is 2. The highest BCUT2D eigenvalue weighted by atomic mass is 16.6. The van der Waals surface area contributed by atoms with Gasteiger partial charge < -0.3 is 25.4 Å². The van der Waals surface area contributed by atoms with Crippen LogP contribution in [0.15, 0.2) is 30.3 Å². The van der Waals surface area contributed by atoms with Crippen molar-refractivity contribution in [2.75, 3.05) is 26.7 Å². The van der Waals surface area contributed by atoms with E-state index in [-0.39, 0.29) is 25.0 Å². The van der Waals surface area contributed by atoms with Crippen LogP contribution in [0.5, 0.6) is 0 Å². The maximum Gasteiger partial charge on any atom is 0.408 e. The first-order valence-corrected chi connectivity index (χ1v) is 8.63. The second-order valence-electron chi connectivity index (χ2n) is 6.05. The standard InChI is InChI=1S/C18H25N3O5/c1-25-17(23)15(11-20-16(22)14-7-9-19-10-8-14)21-18(24)26-12-13-5-3-2-4-6-13/h2-6,14-15,19H,7-12H2,1H3,(H,20,22)(H,21,24)/t15-/m0/s1. The molecule has 1 aromatic carbocycles. The van der Waals surface area contributed by atoms with Crippen molar-refractivity contribution in [3.05, 3.63) is 35.9 Å². The quantitative estimate of drug-likeness (QED) is 0.612. The molecule has 1 saturated heterocycles. The highest BCUT2D eigenvalue weighted by Crippen LogP contribution is 2.11. The molecule has 2 amide bonds. The van der Waals surface area contributed by atoms with Crippen molar-refractivity contribution in [2.24, 2.45) is 5.92 Å². The zero-order valence-electron chi connectivity index (χ0n) is 14.8. The number of hydrogen-bond acceptors (Lipinski definition) is 6. The minimum Gasteiger partial charge on any atom is -0.467 e. The molecule has 1 aliphatic rings. The van der Waals surface area contributed by atoms with Gasteiger partial charge in [-0.2, -0.15) is 0 Å². The summed E-state index contributed by atoms with van der Waals surface area (Å²) in [4.78, 5) is 36.0. The highest BCUT2D eigenvalue weighted by Gasteiger charge is 2.26. The Balaban J connectivity index is 1.81. The summed E-state index contributed by atoms with van der Waals surface area (Å²) in [7, 11) is 1.22. The van der Waals surface area contributed by atoms with Gasteiger partial charge in [-0.3, -0.25) is 4.79 Å². The molecule has 1 aromatic rings. The lowest BCUT2D eigenvalue weighted by Crippen LogP contribution is -2.50. The normalized spacial score (nSPS) is 15.6. The van der Waals surface area contributed by atoms with Crippen LogP contribution in [0.1, 0.15) is 18.4 Å². The number of carbonyl (C=O) groups is 3. The summed E-state index contributed by atoms with van der Waals surface area (Å²) < 4.78 is 9.78. The number of amides is 2. The summed E-state index contributed by atoms with van der Waals surface area (Å²) in [5, 5.41) is 8.33. The van der Waals surface area contributed by atoms with Crippen LogP contribution in [0, 0.1) is 5.92 Å². The fourth-order valence-electron chi connectivity index (χ4n) is 2.67. The number of methoxy groups -OCH3 is 1. The van der Waals surface area contributed by atoms with E-state index >= 15 is 0 Å². The van der Waals surface area contributed by atoms with Crippen molar-refractivity contribution in [3.8, 4) is 0 Å². The van der Waals surface area contributed by atoms with Gasteiger partial charge >= 0.3 is 12.1 Å². The van der Waals surface area contributed by atoms with Crippen LogP contribution in [0.3, 0.4) is 0 Å². The SMILES string of the molecule is COC(=O)[C@H](CNC(=O)C1CCNCC1)NC(=O)OCc1ccccc1. The smallest absolute Gasteiger partial charge is 0.408 e. The van der Waals surface area contributed by atoms with Crippen molar-refractivity contribution in [3.63, 3.8) is 0 Å². The number of piperidine rings is 1. The maximum absolute atomic E-state index is 12.2. The second kappa shape index (κ2) is 10.4. The molecule has 2 rings (SSSR count). The molecular formula is C18H25N3O5. The van der Waals surface area contributed by atoms with E-state index in [1.54, 1.807) is 0 Å². The molecule has 26 heavy (non-hydrogen) atoms. The van der Waals surface area contributed by atoms with Crippen LogP contribution in [0.4, 0.5) is 4.79 Å². The lowest BCUT2D eigenvalue weighted by molar-refractivity contribution is -0.143. The predicted octanol–water partition coefficient (Wildman–Crippen LogP) is 0.570. The first-order chi connectivity index (χ1) is 12.6. The molecule has 0 radical (unpaired) electrons. The minimum absolute atomic E-state index is 0.0458. The zero-order valence-corrected chi connectivity index (χ0v) is 14.8. The van der Waals surface area contributed by atoms with Crippen molar-refractivity contribution in [1.82, 2.24) is 16.0 Å². The first kappa shape index (κ1) is 19.7. The summed E-state index contributed by atoms with van der Waals surface area (Å²) in [5.74, 6) is -0.855. The summed E-state index contributed by atoms with van der Waals surface area (Å²) in [6, 6.07) is 8.18. The molecule has 3 N–H and O–H groups in total. The number of benzene rings is 1. The first-order valence-electron chi connectivity index (χ1n) is 8.63. The summed E-state index contributed by atoms with van der Waals surface area (Å²) in [6.07, 6.45) is 0.753. The van der Waals surface area contributed by atoms with Crippen molar-refractivity contribution in [2.45, 2.75) is 25.5 Å². The largest absolute Gasteiger partial charge is 0.467 e. The van der Waals surface area contributed by atoms with Gasteiger partial charge in [0.1, 0.15) is 12.6 Å². The van der Waals surface area contributed by atoms with Crippen LogP contribution < -0.4 is 16.0 Å². The predicted molar refractivity (Wildman–Crippen MR) is 94.2 cm³/mol. The van der Waals surface area contributed by atoms with Crippen LogP contribution >= 0.6 is 0 Å². The van der Waals surface area contributed by atoms with E-state index in [0.29, 0.717) is 0 Å². The Labute approximate surface area is 152 Å². The molecule has 1 fully saturated rings. The Morgan fingerprint density at radius 3 is 2.54 bits per heavy atom. The van der Waals surface area contributed by atoms with Gasteiger partial charge in [-0.1, -0.05) is 30.3 Å². The van der Waals surface area contributed by atoms with Gasteiger partial charge in [0.25, 0.3) is 0 Å². The van der Waals surface area contributed by atoms with E-state index in [2.05, 4.69) is 20.7 Å². The van der Waals surface area contributed by atoms with Gasteiger partial charge in [-0.05, 0) is 31.5 Å². The third-order valence-corrected chi connectivity index (χ3v) is 4.18. The molecule has 1 heterocycles. The number of alkyl carbamates (subject to hydrolysis) is 1. The van der Waals surface area contributed by atoms with Gasteiger partial charge in [-0.15, -0.1) is 0 Å². The zero-order chi connectivity index (χ0) is 18.8. The topological polar surface area (TPSA) is 106 Å². The van der Waals surface area contributed by atoms with E-state index in [0.717, 1.165) is 31.5 Å². The van der Waals surface area contributed by atoms with E-state index in [9.17, 15) is 14.4 Å². The Hall–Kier alpha value is -2.61. The van der Waals surface area contributed by atoms with E-state index in [1.807, 2.05) is 30.3 Å². The molecule has 0 aliphatic carbocycles.